The minimum Gasteiger partial charge on any atom is -0.480 e. The third-order valence-corrected chi connectivity index (χ3v) is 2.44. The number of hydrogen-bond donors (Lipinski definition) is 2. The van der Waals surface area contributed by atoms with E-state index in [0.29, 0.717) is 32.1 Å². The van der Waals surface area contributed by atoms with Crippen LogP contribution in [0.3, 0.4) is 0 Å². The van der Waals surface area contributed by atoms with Gasteiger partial charge >= 0.3 is 5.97 Å². The van der Waals surface area contributed by atoms with Gasteiger partial charge in [0, 0.05) is 32.9 Å². The second kappa shape index (κ2) is 8.57. The fourth-order valence-corrected chi connectivity index (χ4v) is 1.43. The Bertz CT molecular complexity index is 383. The molecule has 0 radical (unpaired) electrons. The first-order valence-electron chi connectivity index (χ1n) is 6.07. The topological polar surface area (TPSA) is 112 Å². The van der Waals surface area contributed by atoms with Gasteiger partial charge in [-0.25, -0.2) is 0 Å². The molecule has 0 aliphatic carbocycles. The van der Waals surface area contributed by atoms with Gasteiger partial charge in [-0.1, -0.05) is 5.21 Å². The Morgan fingerprint density at radius 1 is 1.53 bits per heavy atom. The molecule has 1 rings (SSSR count). The van der Waals surface area contributed by atoms with Gasteiger partial charge in [-0.3, -0.25) is 9.48 Å². The lowest BCUT2D eigenvalue weighted by atomic mass is 10.2. The Labute approximate surface area is 111 Å². The van der Waals surface area contributed by atoms with E-state index >= 15 is 0 Å². The van der Waals surface area contributed by atoms with Crippen LogP contribution in [0.5, 0.6) is 0 Å². The Morgan fingerprint density at radius 3 is 3.00 bits per heavy atom. The van der Waals surface area contributed by atoms with Crippen molar-refractivity contribution in [3.63, 3.8) is 0 Å². The van der Waals surface area contributed by atoms with Crippen LogP contribution >= 0.6 is 0 Å². The summed E-state index contributed by atoms with van der Waals surface area (Å²) in [5.41, 5.74) is 6.00. The van der Waals surface area contributed by atoms with Gasteiger partial charge in [0.05, 0.1) is 18.9 Å². The molecular formula is C11H20N4O4. The second-order valence-electron chi connectivity index (χ2n) is 4.08. The number of hydrogen-bond acceptors (Lipinski definition) is 6. The number of rotatable bonds is 10. The van der Waals surface area contributed by atoms with Gasteiger partial charge in [0.2, 0.25) is 0 Å². The van der Waals surface area contributed by atoms with E-state index in [9.17, 15) is 4.79 Å². The van der Waals surface area contributed by atoms with Crippen molar-refractivity contribution >= 4 is 5.97 Å². The zero-order valence-electron chi connectivity index (χ0n) is 11.0. The second-order valence-corrected chi connectivity index (χ2v) is 4.08. The zero-order chi connectivity index (χ0) is 14.1. The summed E-state index contributed by atoms with van der Waals surface area (Å²) >= 11 is 0. The van der Waals surface area contributed by atoms with Crippen molar-refractivity contribution in [1.82, 2.24) is 15.0 Å². The summed E-state index contributed by atoms with van der Waals surface area (Å²) in [6.45, 7) is 2.45. The number of nitrogens with two attached hydrogens (primary N) is 1. The van der Waals surface area contributed by atoms with Crippen molar-refractivity contribution in [2.24, 2.45) is 5.73 Å². The molecule has 1 aromatic rings. The molecule has 108 valence electrons. The molecule has 1 aromatic heterocycles. The monoisotopic (exact) mass is 272 g/mol. The first-order valence-corrected chi connectivity index (χ1v) is 6.07. The molecule has 3 N–H and O–H groups in total. The maximum atomic E-state index is 10.6. The third kappa shape index (κ3) is 6.27. The lowest BCUT2D eigenvalue weighted by molar-refractivity contribution is -0.138. The van der Waals surface area contributed by atoms with Crippen molar-refractivity contribution in [3.8, 4) is 0 Å². The number of aryl methyl sites for hydroxylation is 1. The molecule has 0 aromatic carbocycles. The molecule has 0 aliphatic rings. The van der Waals surface area contributed by atoms with Crippen molar-refractivity contribution < 1.29 is 19.4 Å². The van der Waals surface area contributed by atoms with Crippen LogP contribution in [0, 0.1) is 0 Å². The van der Waals surface area contributed by atoms with Gasteiger partial charge in [0.15, 0.2) is 0 Å². The molecule has 0 bridgehead atoms. The average Bonchev–Trinajstić information content (AvgIpc) is 2.81. The average molecular weight is 272 g/mol. The van der Waals surface area contributed by atoms with Gasteiger partial charge < -0.3 is 20.3 Å². The van der Waals surface area contributed by atoms with Gasteiger partial charge in [0.25, 0.3) is 0 Å². The van der Waals surface area contributed by atoms with Crippen molar-refractivity contribution in [3.05, 3.63) is 11.9 Å². The van der Waals surface area contributed by atoms with E-state index in [1.807, 2.05) is 0 Å². The highest BCUT2D eigenvalue weighted by atomic mass is 16.5. The van der Waals surface area contributed by atoms with Gasteiger partial charge in [0.1, 0.15) is 6.04 Å². The maximum absolute atomic E-state index is 10.6. The highest BCUT2D eigenvalue weighted by Crippen LogP contribution is 1.99. The van der Waals surface area contributed by atoms with Crippen LogP contribution in [-0.2, 0) is 27.2 Å². The van der Waals surface area contributed by atoms with E-state index in [0.717, 1.165) is 6.42 Å². The molecule has 0 spiro atoms. The Morgan fingerprint density at radius 2 is 2.32 bits per heavy atom. The number of aromatic nitrogens is 3. The zero-order valence-corrected chi connectivity index (χ0v) is 11.0. The Hall–Kier alpha value is -1.51. The molecular weight excluding hydrogens is 252 g/mol. The fraction of sp³-hybridized carbons (Fsp3) is 0.727. The highest BCUT2D eigenvalue weighted by Gasteiger charge is 2.14. The molecule has 1 heterocycles. The number of carbonyl (C=O) groups is 1. The first-order chi connectivity index (χ1) is 9.13. The molecule has 19 heavy (non-hydrogen) atoms. The van der Waals surface area contributed by atoms with Gasteiger partial charge in [-0.2, -0.15) is 0 Å². The molecule has 0 saturated heterocycles. The SMILES string of the molecule is COCCOCCCn1cc(CC(N)C(=O)O)nn1. The van der Waals surface area contributed by atoms with Crippen LogP contribution in [0.1, 0.15) is 12.1 Å². The number of nitrogens with zero attached hydrogens (tertiary/aromatic N) is 3. The summed E-state index contributed by atoms with van der Waals surface area (Å²) in [5.74, 6) is -1.04. The molecule has 8 nitrogen and oxygen atoms in total. The number of ether oxygens (including phenoxy) is 2. The third-order valence-electron chi connectivity index (χ3n) is 2.44. The van der Waals surface area contributed by atoms with Crippen molar-refractivity contribution in [2.45, 2.75) is 25.4 Å². The van der Waals surface area contributed by atoms with E-state index in [1.54, 1.807) is 18.0 Å². The maximum Gasteiger partial charge on any atom is 0.320 e. The number of carboxylic acids is 1. The molecule has 0 aliphatic heterocycles. The van der Waals surface area contributed by atoms with Crippen molar-refractivity contribution in [2.75, 3.05) is 26.9 Å². The number of methoxy groups -OCH3 is 1. The van der Waals surface area contributed by atoms with E-state index < -0.39 is 12.0 Å². The van der Waals surface area contributed by atoms with Crippen molar-refractivity contribution in [1.29, 1.82) is 0 Å². The largest absolute Gasteiger partial charge is 0.480 e. The lowest BCUT2D eigenvalue weighted by Gasteiger charge is -2.03. The molecule has 0 amide bonds. The van der Waals surface area contributed by atoms with Crippen LogP contribution in [0.25, 0.3) is 0 Å². The summed E-state index contributed by atoms with van der Waals surface area (Å²) in [7, 11) is 1.63. The van der Waals surface area contributed by atoms with Crippen LogP contribution < -0.4 is 5.73 Å². The molecule has 0 saturated carbocycles. The van der Waals surface area contributed by atoms with Crippen LogP contribution in [0.2, 0.25) is 0 Å². The predicted molar refractivity (Wildman–Crippen MR) is 66.6 cm³/mol. The fourth-order valence-electron chi connectivity index (χ4n) is 1.43. The summed E-state index contributed by atoms with van der Waals surface area (Å²) < 4.78 is 11.8. The molecule has 0 fully saturated rings. The predicted octanol–water partition coefficient (Wildman–Crippen LogP) is -0.714. The van der Waals surface area contributed by atoms with Crippen LogP contribution in [0.15, 0.2) is 6.20 Å². The Balaban J connectivity index is 2.21. The van der Waals surface area contributed by atoms with E-state index in [2.05, 4.69) is 10.3 Å². The van der Waals surface area contributed by atoms with E-state index in [1.165, 1.54) is 0 Å². The Kier molecular flexibility index (Phi) is 7.01. The minimum atomic E-state index is -1.04. The summed E-state index contributed by atoms with van der Waals surface area (Å²) in [6.07, 6.45) is 2.69. The number of aliphatic carboxylic acids is 1. The van der Waals surface area contributed by atoms with Gasteiger partial charge in [-0.15, -0.1) is 5.10 Å². The molecule has 1 unspecified atom stereocenters. The minimum absolute atomic E-state index is 0.180. The van der Waals surface area contributed by atoms with Gasteiger partial charge in [-0.05, 0) is 6.42 Å². The smallest absolute Gasteiger partial charge is 0.320 e. The summed E-state index contributed by atoms with van der Waals surface area (Å²) in [4.78, 5) is 10.6. The van der Waals surface area contributed by atoms with Crippen LogP contribution in [-0.4, -0.2) is 59.0 Å². The molecule has 1 atom stereocenters. The summed E-state index contributed by atoms with van der Waals surface area (Å²) in [5, 5.41) is 16.5. The molecule has 8 heteroatoms. The standard InChI is InChI=1S/C11H20N4O4/c1-18-5-6-19-4-2-3-15-8-9(13-14-15)7-10(12)11(16)17/h8,10H,2-7,12H2,1H3,(H,16,17). The first kappa shape index (κ1) is 15.5. The van der Waals surface area contributed by atoms with E-state index in [-0.39, 0.29) is 6.42 Å². The normalized spacial score (nSPS) is 12.5. The van der Waals surface area contributed by atoms with Crippen LogP contribution in [0.4, 0.5) is 0 Å². The summed E-state index contributed by atoms with van der Waals surface area (Å²) in [6, 6.07) is -0.942. The quantitative estimate of drug-likeness (QED) is 0.541. The highest BCUT2D eigenvalue weighted by molar-refractivity contribution is 5.73. The number of carboxylic acid groups (broad SMARTS) is 1. The van der Waals surface area contributed by atoms with E-state index in [4.69, 9.17) is 20.3 Å². The lowest BCUT2D eigenvalue weighted by Crippen LogP contribution is -2.32.